The molecule has 0 saturated heterocycles. The smallest absolute Gasteiger partial charge is 0.128 e. The number of anilines is 1. The van der Waals surface area contributed by atoms with Gasteiger partial charge in [0.2, 0.25) is 0 Å². The standard InChI is InChI=1S/C13H13ClFN3/c1-7-4-5-18-13(17)11(7)12(16)9-6-8(14)2-3-10(9)15/h2-6,12H,16H2,1H3,(H2,17,18). The van der Waals surface area contributed by atoms with Crippen LogP contribution in [-0.2, 0) is 0 Å². The number of aromatic nitrogens is 1. The summed E-state index contributed by atoms with van der Waals surface area (Å²) < 4.78 is 13.8. The third-order valence-electron chi connectivity index (χ3n) is 2.84. The third-order valence-corrected chi connectivity index (χ3v) is 3.08. The van der Waals surface area contributed by atoms with Crippen LogP contribution in [0, 0.1) is 12.7 Å². The molecule has 18 heavy (non-hydrogen) atoms. The minimum atomic E-state index is -0.683. The first-order valence-corrected chi connectivity index (χ1v) is 5.80. The maximum atomic E-state index is 13.8. The highest BCUT2D eigenvalue weighted by Gasteiger charge is 2.18. The number of hydrogen-bond acceptors (Lipinski definition) is 3. The summed E-state index contributed by atoms with van der Waals surface area (Å²) in [6, 6.07) is 5.38. The molecule has 0 spiro atoms. The Labute approximate surface area is 110 Å². The lowest BCUT2D eigenvalue weighted by Gasteiger charge is -2.17. The van der Waals surface area contributed by atoms with Gasteiger partial charge in [-0.25, -0.2) is 9.37 Å². The molecule has 1 aromatic heterocycles. The molecule has 0 aliphatic rings. The van der Waals surface area contributed by atoms with E-state index in [1.807, 2.05) is 6.92 Å². The molecule has 0 aliphatic carbocycles. The van der Waals surface area contributed by atoms with Crippen molar-refractivity contribution in [2.45, 2.75) is 13.0 Å². The number of aryl methyl sites for hydroxylation is 1. The highest BCUT2D eigenvalue weighted by atomic mass is 35.5. The van der Waals surface area contributed by atoms with E-state index in [9.17, 15) is 4.39 Å². The van der Waals surface area contributed by atoms with Crippen molar-refractivity contribution in [1.82, 2.24) is 4.98 Å². The molecule has 1 heterocycles. The summed E-state index contributed by atoms with van der Waals surface area (Å²) in [5, 5.41) is 0.432. The summed E-state index contributed by atoms with van der Waals surface area (Å²) in [6.45, 7) is 1.86. The van der Waals surface area contributed by atoms with Crippen LogP contribution in [0.3, 0.4) is 0 Å². The van der Waals surface area contributed by atoms with E-state index >= 15 is 0 Å². The summed E-state index contributed by atoms with van der Waals surface area (Å²) in [5.41, 5.74) is 13.7. The number of nitrogens with two attached hydrogens (primary N) is 2. The second-order valence-corrected chi connectivity index (χ2v) is 4.51. The molecule has 0 amide bonds. The summed E-state index contributed by atoms with van der Waals surface area (Å²) in [5.74, 6) is -0.101. The van der Waals surface area contributed by atoms with E-state index in [2.05, 4.69) is 4.98 Å². The van der Waals surface area contributed by atoms with Gasteiger partial charge in [-0.05, 0) is 36.8 Å². The van der Waals surface area contributed by atoms with Crippen LogP contribution in [0.25, 0.3) is 0 Å². The Morgan fingerprint density at radius 3 is 2.72 bits per heavy atom. The van der Waals surface area contributed by atoms with Gasteiger partial charge in [0.05, 0.1) is 6.04 Å². The molecule has 4 N–H and O–H groups in total. The molecule has 1 unspecified atom stereocenters. The van der Waals surface area contributed by atoms with E-state index < -0.39 is 11.9 Å². The first-order chi connectivity index (χ1) is 8.50. The van der Waals surface area contributed by atoms with Gasteiger partial charge in [0, 0.05) is 22.3 Å². The van der Waals surface area contributed by atoms with Crippen molar-refractivity contribution >= 4 is 17.4 Å². The molecule has 94 valence electrons. The highest BCUT2D eigenvalue weighted by molar-refractivity contribution is 6.30. The Hall–Kier alpha value is -1.65. The van der Waals surface area contributed by atoms with Crippen molar-refractivity contribution in [2.75, 3.05) is 5.73 Å². The van der Waals surface area contributed by atoms with Gasteiger partial charge in [-0.2, -0.15) is 0 Å². The van der Waals surface area contributed by atoms with E-state index in [1.165, 1.54) is 18.2 Å². The second-order valence-electron chi connectivity index (χ2n) is 4.07. The van der Waals surface area contributed by atoms with Crippen molar-refractivity contribution in [3.05, 3.63) is 58.0 Å². The zero-order valence-corrected chi connectivity index (χ0v) is 10.6. The van der Waals surface area contributed by atoms with Crippen LogP contribution in [0.15, 0.2) is 30.5 Å². The molecule has 0 radical (unpaired) electrons. The Morgan fingerprint density at radius 2 is 2.06 bits per heavy atom. The zero-order valence-electron chi connectivity index (χ0n) is 9.82. The van der Waals surface area contributed by atoms with Crippen molar-refractivity contribution < 1.29 is 4.39 Å². The van der Waals surface area contributed by atoms with Crippen LogP contribution in [0.2, 0.25) is 5.02 Å². The van der Waals surface area contributed by atoms with Gasteiger partial charge in [0.1, 0.15) is 11.6 Å². The predicted octanol–water partition coefficient (Wildman–Crippen LogP) is 2.81. The van der Waals surface area contributed by atoms with Gasteiger partial charge in [-0.1, -0.05) is 11.6 Å². The molecule has 0 fully saturated rings. The number of nitrogen functional groups attached to an aromatic ring is 1. The van der Waals surface area contributed by atoms with Crippen molar-refractivity contribution in [3.63, 3.8) is 0 Å². The number of benzene rings is 1. The van der Waals surface area contributed by atoms with Crippen LogP contribution in [0.1, 0.15) is 22.7 Å². The SMILES string of the molecule is Cc1ccnc(N)c1C(N)c1cc(Cl)ccc1F. The van der Waals surface area contributed by atoms with E-state index in [0.717, 1.165) is 5.56 Å². The molecular weight excluding hydrogens is 253 g/mol. The lowest BCUT2D eigenvalue weighted by molar-refractivity contribution is 0.599. The Morgan fingerprint density at radius 1 is 1.33 bits per heavy atom. The predicted molar refractivity (Wildman–Crippen MR) is 70.8 cm³/mol. The van der Waals surface area contributed by atoms with E-state index in [1.54, 1.807) is 12.3 Å². The molecule has 0 saturated carbocycles. The average molecular weight is 266 g/mol. The van der Waals surface area contributed by atoms with Crippen LogP contribution < -0.4 is 11.5 Å². The molecule has 1 atom stereocenters. The molecule has 0 aliphatic heterocycles. The Balaban J connectivity index is 2.54. The minimum Gasteiger partial charge on any atom is -0.383 e. The number of hydrogen-bond donors (Lipinski definition) is 2. The number of rotatable bonds is 2. The Bertz CT molecular complexity index is 566. The average Bonchev–Trinajstić information content (AvgIpc) is 2.32. The van der Waals surface area contributed by atoms with E-state index in [-0.39, 0.29) is 0 Å². The topological polar surface area (TPSA) is 64.9 Å². The lowest BCUT2D eigenvalue weighted by atomic mass is 9.96. The molecular formula is C13H13ClFN3. The van der Waals surface area contributed by atoms with Gasteiger partial charge in [0.25, 0.3) is 0 Å². The van der Waals surface area contributed by atoms with E-state index in [4.69, 9.17) is 23.1 Å². The van der Waals surface area contributed by atoms with Gasteiger partial charge in [0.15, 0.2) is 0 Å². The molecule has 2 rings (SSSR count). The maximum absolute atomic E-state index is 13.8. The van der Waals surface area contributed by atoms with Gasteiger partial charge in [-0.3, -0.25) is 0 Å². The van der Waals surface area contributed by atoms with Crippen molar-refractivity contribution in [2.24, 2.45) is 5.73 Å². The minimum absolute atomic E-state index is 0.307. The molecule has 1 aromatic carbocycles. The summed E-state index contributed by atoms with van der Waals surface area (Å²) in [7, 11) is 0. The summed E-state index contributed by atoms with van der Waals surface area (Å²) in [6.07, 6.45) is 1.59. The van der Waals surface area contributed by atoms with Crippen LogP contribution in [0.5, 0.6) is 0 Å². The number of nitrogens with zero attached hydrogens (tertiary/aromatic N) is 1. The van der Waals surface area contributed by atoms with Crippen LogP contribution in [0.4, 0.5) is 10.2 Å². The van der Waals surface area contributed by atoms with E-state index in [0.29, 0.717) is 22.0 Å². The molecule has 5 heteroatoms. The van der Waals surface area contributed by atoms with Crippen LogP contribution >= 0.6 is 11.6 Å². The third kappa shape index (κ3) is 2.30. The number of halogens is 2. The highest BCUT2D eigenvalue weighted by Crippen LogP contribution is 2.29. The first kappa shape index (κ1) is 12.8. The molecule has 3 nitrogen and oxygen atoms in total. The lowest BCUT2D eigenvalue weighted by Crippen LogP contribution is -2.17. The largest absolute Gasteiger partial charge is 0.383 e. The normalized spacial score (nSPS) is 12.4. The maximum Gasteiger partial charge on any atom is 0.128 e. The molecule has 0 bridgehead atoms. The van der Waals surface area contributed by atoms with Gasteiger partial charge < -0.3 is 11.5 Å². The van der Waals surface area contributed by atoms with Gasteiger partial charge >= 0.3 is 0 Å². The van der Waals surface area contributed by atoms with Crippen molar-refractivity contribution in [1.29, 1.82) is 0 Å². The monoisotopic (exact) mass is 265 g/mol. The quantitative estimate of drug-likeness (QED) is 0.878. The second kappa shape index (κ2) is 4.92. The Kier molecular flexibility index (Phi) is 3.50. The van der Waals surface area contributed by atoms with Gasteiger partial charge in [-0.15, -0.1) is 0 Å². The summed E-state index contributed by atoms with van der Waals surface area (Å²) in [4.78, 5) is 3.98. The van der Waals surface area contributed by atoms with Crippen LogP contribution in [-0.4, -0.2) is 4.98 Å². The number of pyridine rings is 1. The summed E-state index contributed by atoms with van der Waals surface area (Å²) >= 11 is 5.86. The first-order valence-electron chi connectivity index (χ1n) is 5.42. The van der Waals surface area contributed by atoms with Crippen molar-refractivity contribution in [3.8, 4) is 0 Å². The fraction of sp³-hybridized carbons (Fsp3) is 0.154. The zero-order chi connectivity index (χ0) is 13.3. The molecule has 2 aromatic rings. The fourth-order valence-corrected chi connectivity index (χ4v) is 2.08. The fourth-order valence-electron chi connectivity index (χ4n) is 1.90.